The third-order valence-corrected chi connectivity index (χ3v) is 13.5. The van der Waals surface area contributed by atoms with Crippen LogP contribution >= 0.6 is 0 Å². The van der Waals surface area contributed by atoms with E-state index in [1.54, 1.807) is 0 Å². The minimum absolute atomic E-state index is 1.08. The highest BCUT2D eigenvalue weighted by molar-refractivity contribution is 6.22. The van der Waals surface area contributed by atoms with Gasteiger partial charge in [0, 0.05) is 16.9 Å². The van der Waals surface area contributed by atoms with Crippen molar-refractivity contribution in [3.8, 4) is 77.9 Å². The van der Waals surface area contributed by atoms with Crippen LogP contribution in [-0.4, -0.2) is 0 Å². The predicted molar refractivity (Wildman–Crippen MR) is 294 cm³/mol. The van der Waals surface area contributed by atoms with Crippen molar-refractivity contribution < 1.29 is 0 Å². The molecule has 0 unspecified atom stereocenters. The van der Waals surface area contributed by atoms with Gasteiger partial charge in [-0.3, -0.25) is 0 Å². The van der Waals surface area contributed by atoms with Crippen molar-refractivity contribution in [3.05, 3.63) is 285 Å². The molecule has 69 heavy (non-hydrogen) atoms. The van der Waals surface area contributed by atoms with Crippen LogP contribution in [0, 0.1) is 0 Å². The van der Waals surface area contributed by atoms with Crippen molar-refractivity contribution in [1.29, 1.82) is 0 Å². The van der Waals surface area contributed by atoms with Crippen LogP contribution in [-0.2, 0) is 0 Å². The summed E-state index contributed by atoms with van der Waals surface area (Å²) in [6.45, 7) is 0. The Balaban J connectivity index is 0.971. The van der Waals surface area contributed by atoms with E-state index in [4.69, 9.17) is 0 Å². The maximum atomic E-state index is 2.41. The molecule has 0 aliphatic rings. The van der Waals surface area contributed by atoms with Crippen LogP contribution in [0.4, 0.5) is 17.1 Å². The molecule has 12 aromatic rings. The Morgan fingerprint density at radius 1 is 0.188 bits per heavy atom. The topological polar surface area (TPSA) is 3.24 Å². The molecule has 324 valence electrons. The summed E-state index contributed by atoms with van der Waals surface area (Å²) in [5, 5.41) is 5.01. The molecule has 0 bridgehead atoms. The molecule has 0 atom stereocenters. The lowest BCUT2D eigenvalue weighted by atomic mass is 9.84. The van der Waals surface area contributed by atoms with Crippen LogP contribution in [0.5, 0.6) is 0 Å². The molecule has 0 spiro atoms. The van der Waals surface area contributed by atoms with E-state index in [9.17, 15) is 0 Å². The molecule has 12 rings (SSSR count). The van der Waals surface area contributed by atoms with Crippen LogP contribution in [0.3, 0.4) is 0 Å². The highest BCUT2D eigenvalue weighted by Gasteiger charge is 2.20. The second kappa shape index (κ2) is 18.3. The number of hydrogen-bond donors (Lipinski definition) is 0. The highest BCUT2D eigenvalue weighted by Crippen LogP contribution is 2.47. The first-order chi connectivity index (χ1) is 34.2. The summed E-state index contributed by atoms with van der Waals surface area (Å²) in [6.07, 6.45) is 0. The van der Waals surface area contributed by atoms with Gasteiger partial charge >= 0.3 is 0 Å². The fourth-order valence-electron chi connectivity index (χ4n) is 10.2. The molecule has 0 heterocycles. The van der Waals surface area contributed by atoms with Gasteiger partial charge in [-0.1, -0.05) is 243 Å². The first-order valence-electron chi connectivity index (χ1n) is 23.7. The Labute approximate surface area is 404 Å². The number of hydrogen-bond acceptors (Lipinski definition) is 1. The van der Waals surface area contributed by atoms with Gasteiger partial charge in [-0.25, -0.2) is 0 Å². The van der Waals surface area contributed by atoms with Crippen molar-refractivity contribution in [2.75, 3.05) is 4.90 Å². The molecular formula is C68H47N. The van der Waals surface area contributed by atoms with E-state index in [1.807, 2.05) is 0 Å². The standard InChI is InChI=1S/C68H47N/c1-6-20-50(21-7-1)59-44-38-55(46-64(59)52-24-10-3-11-25-52)48-34-40-57(41-35-48)69(66-33-19-18-30-60(66)51-22-8-2-9-23-51)58-42-36-49(37-43-58)56-39-45-62-61-31-16-17-32-63(61)67(53-26-12-4-13-27-53)68(65(62)47-56)54-28-14-5-15-29-54/h1-47H. The average molecular weight is 878 g/mol. The zero-order valence-corrected chi connectivity index (χ0v) is 38.1. The highest BCUT2D eigenvalue weighted by atomic mass is 15.1. The molecule has 1 nitrogen and oxygen atoms in total. The van der Waals surface area contributed by atoms with E-state index < -0.39 is 0 Å². The first kappa shape index (κ1) is 41.4. The summed E-state index contributed by atoms with van der Waals surface area (Å²) in [7, 11) is 0. The van der Waals surface area contributed by atoms with E-state index in [2.05, 4.69) is 290 Å². The molecular weight excluding hydrogens is 831 g/mol. The molecule has 0 fully saturated rings. The van der Waals surface area contributed by atoms with E-state index in [1.165, 1.54) is 88.3 Å². The fraction of sp³-hybridized carbons (Fsp3) is 0. The van der Waals surface area contributed by atoms with Crippen molar-refractivity contribution in [2.45, 2.75) is 0 Å². The summed E-state index contributed by atoms with van der Waals surface area (Å²) in [4.78, 5) is 2.40. The smallest absolute Gasteiger partial charge is 0.0540 e. The monoisotopic (exact) mass is 877 g/mol. The van der Waals surface area contributed by atoms with Crippen LogP contribution < -0.4 is 4.90 Å². The van der Waals surface area contributed by atoms with Gasteiger partial charge in [-0.2, -0.15) is 0 Å². The number of anilines is 3. The number of rotatable bonds is 10. The predicted octanol–water partition coefficient (Wildman–Crippen LogP) is 19.1. The maximum Gasteiger partial charge on any atom is 0.0540 e. The zero-order chi connectivity index (χ0) is 45.9. The molecule has 0 radical (unpaired) electrons. The first-order valence-corrected chi connectivity index (χ1v) is 23.7. The van der Waals surface area contributed by atoms with Crippen molar-refractivity contribution >= 4 is 38.6 Å². The molecule has 0 saturated carbocycles. The lowest BCUT2D eigenvalue weighted by Crippen LogP contribution is -2.11. The van der Waals surface area contributed by atoms with Crippen LogP contribution in [0.2, 0.25) is 0 Å². The van der Waals surface area contributed by atoms with Crippen LogP contribution in [0.15, 0.2) is 285 Å². The van der Waals surface area contributed by atoms with Crippen molar-refractivity contribution in [1.82, 2.24) is 0 Å². The summed E-state index contributed by atoms with van der Waals surface area (Å²) in [5.74, 6) is 0. The van der Waals surface area contributed by atoms with Gasteiger partial charge < -0.3 is 4.90 Å². The third kappa shape index (κ3) is 7.97. The molecule has 0 N–H and O–H groups in total. The summed E-state index contributed by atoms with van der Waals surface area (Å²) in [6, 6.07) is 104. The molecule has 0 aliphatic heterocycles. The van der Waals surface area contributed by atoms with Gasteiger partial charge in [0.1, 0.15) is 0 Å². The third-order valence-electron chi connectivity index (χ3n) is 13.5. The summed E-state index contributed by atoms with van der Waals surface area (Å²) < 4.78 is 0. The second-order valence-corrected chi connectivity index (χ2v) is 17.6. The average Bonchev–Trinajstić information content (AvgIpc) is 3.44. The van der Waals surface area contributed by atoms with E-state index in [0.29, 0.717) is 0 Å². The quantitative estimate of drug-likeness (QED) is 0.124. The van der Waals surface area contributed by atoms with Gasteiger partial charge in [0.25, 0.3) is 0 Å². The van der Waals surface area contributed by atoms with Gasteiger partial charge in [0.05, 0.1) is 5.69 Å². The van der Waals surface area contributed by atoms with Crippen molar-refractivity contribution in [2.24, 2.45) is 0 Å². The minimum atomic E-state index is 1.08. The van der Waals surface area contributed by atoms with E-state index >= 15 is 0 Å². The van der Waals surface area contributed by atoms with E-state index in [0.717, 1.165) is 28.2 Å². The Kier molecular flexibility index (Phi) is 11.0. The van der Waals surface area contributed by atoms with Crippen LogP contribution in [0.1, 0.15) is 0 Å². The molecule has 1 heteroatoms. The van der Waals surface area contributed by atoms with Gasteiger partial charge in [-0.15, -0.1) is 0 Å². The van der Waals surface area contributed by atoms with E-state index in [-0.39, 0.29) is 0 Å². The largest absolute Gasteiger partial charge is 0.310 e. The number of para-hydroxylation sites is 1. The molecule has 12 aromatic carbocycles. The zero-order valence-electron chi connectivity index (χ0n) is 38.1. The Hall–Kier alpha value is -9.04. The normalized spacial score (nSPS) is 11.2. The SMILES string of the molecule is c1ccc(-c2ccc(-c3ccc(N(c4ccc(-c5ccc6c(c5)c(-c5ccccc5)c(-c5ccccc5)c5ccccc56)cc4)c4ccccc4-c4ccccc4)cc3)cc2-c2ccccc2)cc1. The molecule has 0 aromatic heterocycles. The van der Waals surface area contributed by atoms with Gasteiger partial charge in [0.2, 0.25) is 0 Å². The number of nitrogens with zero attached hydrogens (tertiary/aromatic N) is 1. The number of fused-ring (bicyclic) bond motifs is 3. The van der Waals surface area contributed by atoms with Gasteiger partial charge in [-0.05, 0) is 136 Å². The van der Waals surface area contributed by atoms with Crippen LogP contribution in [0.25, 0.3) is 99.4 Å². The molecule has 0 saturated heterocycles. The van der Waals surface area contributed by atoms with Crippen molar-refractivity contribution in [3.63, 3.8) is 0 Å². The lowest BCUT2D eigenvalue weighted by Gasteiger charge is -2.28. The van der Waals surface area contributed by atoms with Gasteiger partial charge in [0.15, 0.2) is 0 Å². The Morgan fingerprint density at radius 2 is 0.565 bits per heavy atom. The number of benzene rings is 12. The molecule has 0 aliphatic carbocycles. The molecule has 0 amide bonds. The Morgan fingerprint density at radius 3 is 1.12 bits per heavy atom. The lowest BCUT2D eigenvalue weighted by molar-refractivity contribution is 1.28. The Bertz CT molecular complexity index is 3720. The summed E-state index contributed by atoms with van der Waals surface area (Å²) in [5.41, 5.74) is 20.1. The summed E-state index contributed by atoms with van der Waals surface area (Å²) >= 11 is 0. The second-order valence-electron chi connectivity index (χ2n) is 17.6. The maximum absolute atomic E-state index is 2.41. The minimum Gasteiger partial charge on any atom is -0.310 e. The fourth-order valence-corrected chi connectivity index (χ4v) is 10.2.